The Balaban J connectivity index is 1.73. The van der Waals surface area contributed by atoms with Crippen molar-refractivity contribution in [3.8, 4) is 6.07 Å². The zero-order valence-electron chi connectivity index (χ0n) is 13.1. The fourth-order valence-electron chi connectivity index (χ4n) is 2.88. The number of aryl methyl sites for hydroxylation is 1. The van der Waals surface area contributed by atoms with Gasteiger partial charge in [-0.1, -0.05) is 51.9 Å². The number of rotatable bonds is 9. The number of benzene rings is 1. The lowest BCUT2D eigenvalue weighted by molar-refractivity contribution is 0.549. The molecule has 0 aliphatic rings. The highest BCUT2D eigenvalue weighted by atomic mass is 14.9. The van der Waals surface area contributed by atoms with E-state index < -0.39 is 0 Å². The molecule has 0 saturated carbocycles. The van der Waals surface area contributed by atoms with Crippen molar-refractivity contribution in [3.05, 3.63) is 36.0 Å². The SMILES string of the molecule is CCCCCCCCCCn1ccc2cc(C#N)ccc21. The maximum atomic E-state index is 8.92. The topological polar surface area (TPSA) is 28.7 Å². The van der Waals surface area contributed by atoms with Crippen molar-refractivity contribution in [1.29, 1.82) is 5.26 Å². The van der Waals surface area contributed by atoms with Crippen molar-refractivity contribution in [2.24, 2.45) is 0 Å². The highest BCUT2D eigenvalue weighted by Crippen LogP contribution is 2.18. The number of nitrogens with zero attached hydrogens (tertiary/aromatic N) is 2. The lowest BCUT2D eigenvalue weighted by atomic mass is 10.1. The highest BCUT2D eigenvalue weighted by molar-refractivity contribution is 5.81. The second-order valence-electron chi connectivity index (χ2n) is 5.87. The molecule has 0 amide bonds. The van der Waals surface area contributed by atoms with E-state index >= 15 is 0 Å². The van der Waals surface area contributed by atoms with E-state index in [1.165, 1.54) is 62.3 Å². The van der Waals surface area contributed by atoms with Gasteiger partial charge in [-0.15, -0.1) is 0 Å². The first-order valence-corrected chi connectivity index (χ1v) is 8.34. The highest BCUT2D eigenvalue weighted by Gasteiger charge is 2.02. The summed E-state index contributed by atoms with van der Waals surface area (Å²) in [5, 5.41) is 10.1. The van der Waals surface area contributed by atoms with Crippen molar-refractivity contribution in [3.63, 3.8) is 0 Å². The largest absolute Gasteiger partial charge is 0.347 e. The molecular weight excluding hydrogens is 256 g/mol. The number of fused-ring (bicyclic) bond motifs is 1. The first kappa shape index (κ1) is 15.6. The molecule has 0 bridgehead atoms. The van der Waals surface area contributed by atoms with E-state index in [2.05, 4.69) is 35.9 Å². The summed E-state index contributed by atoms with van der Waals surface area (Å²) in [5.41, 5.74) is 1.99. The van der Waals surface area contributed by atoms with Gasteiger partial charge in [0.05, 0.1) is 11.6 Å². The summed E-state index contributed by atoms with van der Waals surface area (Å²) in [6, 6.07) is 10.3. The van der Waals surface area contributed by atoms with Gasteiger partial charge in [0.2, 0.25) is 0 Å². The molecule has 112 valence electrons. The average Bonchev–Trinajstić information content (AvgIpc) is 2.92. The van der Waals surface area contributed by atoms with Crippen molar-refractivity contribution < 1.29 is 0 Å². The quantitative estimate of drug-likeness (QED) is 0.546. The Labute approximate surface area is 128 Å². The third-order valence-corrected chi connectivity index (χ3v) is 4.15. The van der Waals surface area contributed by atoms with Crippen molar-refractivity contribution in [2.75, 3.05) is 0 Å². The average molecular weight is 282 g/mol. The van der Waals surface area contributed by atoms with Crippen LogP contribution in [0, 0.1) is 11.3 Å². The van der Waals surface area contributed by atoms with Crippen LogP contribution in [0.3, 0.4) is 0 Å². The van der Waals surface area contributed by atoms with E-state index in [0.717, 1.165) is 12.1 Å². The molecule has 2 heteroatoms. The van der Waals surface area contributed by atoms with Crippen LogP contribution in [0.25, 0.3) is 10.9 Å². The van der Waals surface area contributed by atoms with Gasteiger partial charge in [-0.2, -0.15) is 5.26 Å². The minimum atomic E-state index is 0.743. The molecular formula is C19H26N2. The monoisotopic (exact) mass is 282 g/mol. The first-order chi connectivity index (χ1) is 10.3. The Kier molecular flexibility index (Phi) is 6.34. The summed E-state index contributed by atoms with van der Waals surface area (Å²) < 4.78 is 2.31. The molecule has 0 atom stereocenters. The standard InChI is InChI=1S/C19H26N2/c1-2-3-4-5-6-7-8-9-13-21-14-12-18-15-17(16-20)10-11-19(18)21/h10-12,14-15H,2-9,13H2,1H3. The zero-order chi connectivity index (χ0) is 14.9. The van der Waals surface area contributed by atoms with Crippen LogP contribution in [0.1, 0.15) is 63.9 Å². The van der Waals surface area contributed by atoms with E-state index in [1.54, 1.807) is 0 Å². The Bertz CT molecular complexity index is 589. The molecule has 0 spiro atoms. The minimum absolute atomic E-state index is 0.743. The number of nitriles is 1. The van der Waals surface area contributed by atoms with E-state index in [1.807, 2.05) is 12.1 Å². The predicted octanol–water partition coefficient (Wildman–Crippen LogP) is 5.65. The fraction of sp³-hybridized carbons (Fsp3) is 0.526. The zero-order valence-corrected chi connectivity index (χ0v) is 13.1. The summed E-state index contributed by atoms with van der Waals surface area (Å²) >= 11 is 0. The molecule has 0 unspecified atom stereocenters. The summed E-state index contributed by atoms with van der Waals surface area (Å²) in [6.07, 6.45) is 13.0. The van der Waals surface area contributed by atoms with Crippen LogP contribution in [0.2, 0.25) is 0 Å². The third kappa shape index (κ3) is 4.63. The van der Waals surface area contributed by atoms with Crippen molar-refractivity contribution in [2.45, 2.75) is 64.8 Å². The molecule has 0 aliphatic carbocycles. The summed E-state index contributed by atoms with van der Waals surface area (Å²) in [6.45, 7) is 3.35. The normalized spacial score (nSPS) is 10.9. The Hall–Kier alpha value is -1.75. The van der Waals surface area contributed by atoms with Crippen LogP contribution in [0.15, 0.2) is 30.5 Å². The lowest BCUT2D eigenvalue weighted by Crippen LogP contribution is -1.96. The molecule has 0 saturated heterocycles. The maximum absolute atomic E-state index is 8.92. The van der Waals surface area contributed by atoms with Gasteiger partial charge in [-0.05, 0) is 30.7 Å². The molecule has 2 rings (SSSR count). The Morgan fingerprint density at radius 1 is 0.952 bits per heavy atom. The molecule has 0 N–H and O–H groups in total. The van der Waals surface area contributed by atoms with Gasteiger partial charge < -0.3 is 4.57 Å². The predicted molar refractivity (Wildman–Crippen MR) is 89.3 cm³/mol. The second kappa shape index (κ2) is 8.52. The minimum Gasteiger partial charge on any atom is -0.347 e. The Morgan fingerprint density at radius 2 is 1.67 bits per heavy atom. The lowest BCUT2D eigenvalue weighted by Gasteiger charge is -2.06. The van der Waals surface area contributed by atoms with Gasteiger partial charge in [0, 0.05) is 23.6 Å². The molecule has 1 heterocycles. The second-order valence-corrected chi connectivity index (χ2v) is 5.87. The molecule has 0 radical (unpaired) electrons. The van der Waals surface area contributed by atoms with Crippen molar-refractivity contribution >= 4 is 10.9 Å². The number of unbranched alkanes of at least 4 members (excludes halogenated alkanes) is 7. The van der Waals surface area contributed by atoms with Gasteiger partial charge in [-0.25, -0.2) is 0 Å². The molecule has 0 fully saturated rings. The van der Waals surface area contributed by atoms with Crippen LogP contribution in [-0.4, -0.2) is 4.57 Å². The van der Waals surface area contributed by atoms with Crippen LogP contribution < -0.4 is 0 Å². The number of hydrogen-bond donors (Lipinski definition) is 0. The van der Waals surface area contributed by atoms with E-state index in [-0.39, 0.29) is 0 Å². The Morgan fingerprint density at radius 3 is 2.38 bits per heavy atom. The van der Waals surface area contributed by atoms with E-state index in [0.29, 0.717) is 0 Å². The van der Waals surface area contributed by atoms with Gasteiger partial charge in [0.15, 0.2) is 0 Å². The molecule has 2 nitrogen and oxygen atoms in total. The fourth-order valence-corrected chi connectivity index (χ4v) is 2.88. The van der Waals surface area contributed by atoms with Crippen LogP contribution in [-0.2, 0) is 6.54 Å². The maximum Gasteiger partial charge on any atom is 0.0991 e. The first-order valence-electron chi connectivity index (χ1n) is 8.34. The molecule has 21 heavy (non-hydrogen) atoms. The van der Waals surface area contributed by atoms with Gasteiger partial charge in [0.1, 0.15) is 0 Å². The molecule has 1 aromatic carbocycles. The summed E-state index contributed by atoms with van der Waals surface area (Å²) in [5.74, 6) is 0. The van der Waals surface area contributed by atoms with Crippen LogP contribution in [0.5, 0.6) is 0 Å². The van der Waals surface area contributed by atoms with Gasteiger partial charge in [-0.3, -0.25) is 0 Å². The molecule has 2 aromatic rings. The molecule has 0 aliphatic heterocycles. The third-order valence-electron chi connectivity index (χ3n) is 4.15. The van der Waals surface area contributed by atoms with Crippen LogP contribution in [0.4, 0.5) is 0 Å². The number of aromatic nitrogens is 1. The van der Waals surface area contributed by atoms with Gasteiger partial charge in [0.25, 0.3) is 0 Å². The smallest absolute Gasteiger partial charge is 0.0991 e. The van der Waals surface area contributed by atoms with Crippen LogP contribution >= 0.6 is 0 Å². The van der Waals surface area contributed by atoms with Crippen molar-refractivity contribution in [1.82, 2.24) is 4.57 Å². The van der Waals surface area contributed by atoms with Gasteiger partial charge >= 0.3 is 0 Å². The summed E-state index contributed by atoms with van der Waals surface area (Å²) in [4.78, 5) is 0. The molecule has 1 aromatic heterocycles. The van der Waals surface area contributed by atoms with E-state index in [9.17, 15) is 0 Å². The summed E-state index contributed by atoms with van der Waals surface area (Å²) in [7, 11) is 0. The number of hydrogen-bond acceptors (Lipinski definition) is 1. The van der Waals surface area contributed by atoms with E-state index in [4.69, 9.17) is 5.26 Å².